The number of aliphatic imine (C=N–C) groups is 1. The average Bonchev–Trinajstić information content (AvgIpc) is 3.27. The number of anilines is 1. The largest absolute Gasteiger partial charge is 0.467 e. The van der Waals surface area contributed by atoms with Crippen molar-refractivity contribution in [1.82, 2.24) is 30.4 Å². The van der Waals surface area contributed by atoms with Crippen LogP contribution in [0.1, 0.15) is 12.7 Å². The molecule has 140 valence electrons. The smallest absolute Gasteiger partial charge is 0.191 e. The minimum Gasteiger partial charge on any atom is -0.467 e. The molecule has 0 saturated carbocycles. The summed E-state index contributed by atoms with van der Waals surface area (Å²) in [6, 6.07) is 3.76. The molecule has 3 aromatic heterocycles. The van der Waals surface area contributed by atoms with Crippen molar-refractivity contribution in [2.45, 2.75) is 13.5 Å². The van der Waals surface area contributed by atoms with Crippen LogP contribution in [0.15, 0.2) is 40.3 Å². The highest BCUT2D eigenvalue weighted by molar-refractivity contribution is 14.0. The van der Waals surface area contributed by atoms with Crippen molar-refractivity contribution >= 4 is 46.8 Å². The fourth-order valence-corrected chi connectivity index (χ4v) is 2.37. The fourth-order valence-electron chi connectivity index (χ4n) is 2.37. The molecule has 0 fully saturated rings. The maximum atomic E-state index is 5.29. The molecule has 0 spiro atoms. The van der Waals surface area contributed by atoms with E-state index in [0.29, 0.717) is 19.6 Å². The van der Waals surface area contributed by atoms with E-state index >= 15 is 0 Å². The summed E-state index contributed by atoms with van der Waals surface area (Å²) in [5.41, 5.74) is 0.804. The van der Waals surface area contributed by atoms with Gasteiger partial charge >= 0.3 is 0 Å². The van der Waals surface area contributed by atoms with E-state index in [4.69, 9.17) is 4.42 Å². The lowest BCUT2D eigenvalue weighted by atomic mass is 10.4. The molecule has 0 aliphatic heterocycles. The zero-order valence-corrected chi connectivity index (χ0v) is 17.1. The molecular weight excluding hydrogens is 447 g/mol. The number of aromatic nitrogens is 4. The molecule has 0 unspecified atom stereocenters. The number of aryl methyl sites for hydroxylation is 1. The lowest BCUT2D eigenvalue weighted by Gasteiger charge is -2.12. The number of nitrogens with zero attached hydrogens (tertiary/aromatic N) is 5. The van der Waals surface area contributed by atoms with Crippen molar-refractivity contribution in [3.63, 3.8) is 0 Å². The van der Waals surface area contributed by atoms with Gasteiger partial charge in [-0.3, -0.25) is 4.68 Å². The normalized spacial score (nSPS) is 11.2. The monoisotopic (exact) mass is 470 g/mol. The summed E-state index contributed by atoms with van der Waals surface area (Å²) in [6.45, 7) is 4.70. The maximum Gasteiger partial charge on any atom is 0.191 e. The highest BCUT2D eigenvalue weighted by atomic mass is 127. The Labute approximate surface area is 168 Å². The fraction of sp³-hybridized carbons (Fsp3) is 0.375. The van der Waals surface area contributed by atoms with Crippen LogP contribution in [0, 0.1) is 0 Å². The van der Waals surface area contributed by atoms with Gasteiger partial charge in [0.05, 0.1) is 17.8 Å². The van der Waals surface area contributed by atoms with E-state index in [2.05, 4.69) is 36.0 Å². The van der Waals surface area contributed by atoms with E-state index in [-0.39, 0.29) is 24.0 Å². The molecule has 0 aliphatic carbocycles. The molecule has 3 N–H and O–H groups in total. The molecule has 10 heteroatoms. The second-order valence-corrected chi connectivity index (χ2v) is 5.36. The molecule has 0 aromatic carbocycles. The molecule has 0 aliphatic rings. The Hall–Kier alpha value is -2.37. The predicted octanol–water partition coefficient (Wildman–Crippen LogP) is 1.74. The topological polar surface area (TPSA) is 105 Å². The first kappa shape index (κ1) is 19.9. The van der Waals surface area contributed by atoms with Crippen molar-refractivity contribution in [2.75, 3.05) is 25.0 Å². The molecule has 3 heterocycles. The number of fused-ring (bicyclic) bond motifs is 1. The van der Waals surface area contributed by atoms with Crippen LogP contribution in [0.5, 0.6) is 0 Å². The highest BCUT2D eigenvalue weighted by Crippen LogP contribution is 2.16. The summed E-state index contributed by atoms with van der Waals surface area (Å²) < 4.78 is 7.02. The van der Waals surface area contributed by atoms with Crippen LogP contribution in [0.25, 0.3) is 11.0 Å². The predicted molar refractivity (Wildman–Crippen MR) is 112 cm³/mol. The third-order valence-electron chi connectivity index (χ3n) is 3.56. The lowest BCUT2D eigenvalue weighted by Crippen LogP contribution is -2.39. The van der Waals surface area contributed by atoms with Crippen LogP contribution in [0.2, 0.25) is 0 Å². The molecule has 0 radical (unpaired) electrons. The van der Waals surface area contributed by atoms with Crippen LogP contribution in [-0.4, -0.2) is 45.3 Å². The number of hydrogen-bond acceptors (Lipinski definition) is 6. The Morgan fingerprint density at radius 3 is 2.92 bits per heavy atom. The third kappa shape index (κ3) is 5.07. The Kier molecular flexibility index (Phi) is 7.63. The van der Waals surface area contributed by atoms with Crippen molar-refractivity contribution in [1.29, 1.82) is 0 Å². The number of guanidine groups is 1. The van der Waals surface area contributed by atoms with E-state index in [9.17, 15) is 0 Å². The van der Waals surface area contributed by atoms with Gasteiger partial charge in [0.25, 0.3) is 0 Å². The molecular formula is C16H23IN8O. The second-order valence-electron chi connectivity index (χ2n) is 5.36. The quantitative estimate of drug-likeness (QED) is 0.209. The highest BCUT2D eigenvalue weighted by Gasteiger charge is 2.07. The Morgan fingerprint density at radius 1 is 1.27 bits per heavy atom. The summed E-state index contributed by atoms with van der Waals surface area (Å²) in [7, 11) is 1.86. The standard InChI is InChI=1S/C16H22N8O.HI/c1-3-17-16(20-9-12-5-4-8-25-12)19-7-6-18-14-13-10-23-24(2)15(13)22-11-21-14;/h4-5,8,10-11H,3,6-7,9H2,1-2H3,(H2,17,19,20)(H,18,21,22);1H. The van der Waals surface area contributed by atoms with Gasteiger partial charge in [-0.1, -0.05) is 0 Å². The van der Waals surface area contributed by atoms with Crippen LogP contribution >= 0.6 is 24.0 Å². The summed E-state index contributed by atoms with van der Waals surface area (Å²) >= 11 is 0. The number of hydrogen-bond donors (Lipinski definition) is 3. The molecule has 0 amide bonds. The van der Waals surface area contributed by atoms with E-state index < -0.39 is 0 Å². The minimum absolute atomic E-state index is 0. The molecule has 0 bridgehead atoms. The first-order chi connectivity index (χ1) is 12.3. The molecule has 0 atom stereocenters. The van der Waals surface area contributed by atoms with Crippen LogP contribution < -0.4 is 16.0 Å². The molecule has 26 heavy (non-hydrogen) atoms. The minimum atomic E-state index is 0. The van der Waals surface area contributed by atoms with Crippen LogP contribution in [-0.2, 0) is 13.6 Å². The number of halogens is 1. The maximum absolute atomic E-state index is 5.29. The Bertz CT molecular complexity index is 830. The molecule has 9 nitrogen and oxygen atoms in total. The number of rotatable bonds is 7. The van der Waals surface area contributed by atoms with Crippen LogP contribution in [0.4, 0.5) is 5.82 Å². The van der Waals surface area contributed by atoms with Gasteiger partial charge in [-0.25, -0.2) is 15.0 Å². The van der Waals surface area contributed by atoms with Crippen molar-refractivity contribution in [2.24, 2.45) is 12.0 Å². The van der Waals surface area contributed by atoms with Crippen LogP contribution in [0.3, 0.4) is 0 Å². The summed E-state index contributed by atoms with van der Waals surface area (Å²) in [5, 5.41) is 14.9. The third-order valence-corrected chi connectivity index (χ3v) is 3.56. The first-order valence-corrected chi connectivity index (χ1v) is 8.19. The van der Waals surface area contributed by atoms with Gasteiger partial charge in [0.1, 0.15) is 24.5 Å². The second kappa shape index (κ2) is 9.94. The van der Waals surface area contributed by atoms with Gasteiger partial charge in [0.15, 0.2) is 11.6 Å². The summed E-state index contributed by atoms with van der Waals surface area (Å²) in [6.07, 6.45) is 4.95. The Morgan fingerprint density at radius 2 is 2.15 bits per heavy atom. The van der Waals surface area contributed by atoms with Gasteiger partial charge in [-0.15, -0.1) is 24.0 Å². The number of furan rings is 1. The number of nitrogens with one attached hydrogen (secondary N) is 3. The van der Waals surface area contributed by atoms with Crippen molar-refractivity contribution < 1.29 is 4.42 Å². The zero-order valence-electron chi connectivity index (χ0n) is 14.8. The van der Waals surface area contributed by atoms with E-state index in [0.717, 1.165) is 35.1 Å². The van der Waals surface area contributed by atoms with Gasteiger partial charge in [0.2, 0.25) is 0 Å². The van der Waals surface area contributed by atoms with E-state index in [1.807, 2.05) is 26.1 Å². The van der Waals surface area contributed by atoms with Gasteiger partial charge in [-0.05, 0) is 19.1 Å². The van der Waals surface area contributed by atoms with Gasteiger partial charge in [-0.2, -0.15) is 5.10 Å². The zero-order chi connectivity index (χ0) is 17.5. The van der Waals surface area contributed by atoms with E-state index in [1.54, 1.807) is 17.1 Å². The SMILES string of the molecule is CCNC(=NCc1ccco1)NCCNc1ncnc2c1cnn2C.I. The summed E-state index contributed by atoms with van der Waals surface area (Å²) in [4.78, 5) is 13.0. The molecule has 3 rings (SSSR count). The van der Waals surface area contributed by atoms with E-state index in [1.165, 1.54) is 6.33 Å². The van der Waals surface area contributed by atoms with Gasteiger partial charge in [0, 0.05) is 26.7 Å². The lowest BCUT2D eigenvalue weighted by molar-refractivity contribution is 0.512. The average molecular weight is 470 g/mol. The Balaban J connectivity index is 0.00000243. The first-order valence-electron chi connectivity index (χ1n) is 8.19. The van der Waals surface area contributed by atoms with Crippen molar-refractivity contribution in [3.8, 4) is 0 Å². The summed E-state index contributed by atoms with van der Waals surface area (Å²) in [5.74, 6) is 2.35. The molecule has 3 aromatic rings. The molecule has 0 saturated heterocycles. The van der Waals surface area contributed by atoms with Crippen molar-refractivity contribution in [3.05, 3.63) is 36.7 Å². The van der Waals surface area contributed by atoms with Gasteiger partial charge < -0.3 is 20.4 Å².